The number of anilines is 1. The average Bonchev–Trinajstić information content (AvgIpc) is 2.44. The standard InChI is InChI=1S/C16H23FN2O3/c1-16(2,3)15(20)22-19-8-6-11(7-9-19)21-12-4-5-14(18)13(17)10-12/h4-5,10-11H,6-9,18H2,1-3H3. The molecule has 0 spiro atoms. The van der Waals surface area contributed by atoms with Crippen LogP contribution in [-0.4, -0.2) is 30.2 Å². The molecule has 0 saturated carbocycles. The summed E-state index contributed by atoms with van der Waals surface area (Å²) in [6.07, 6.45) is 1.40. The second-order valence-electron chi connectivity index (χ2n) is 6.56. The van der Waals surface area contributed by atoms with E-state index in [1.165, 1.54) is 12.1 Å². The molecule has 0 atom stereocenters. The minimum atomic E-state index is -0.519. The van der Waals surface area contributed by atoms with Gasteiger partial charge in [0.05, 0.1) is 11.1 Å². The van der Waals surface area contributed by atoms with Crippen molar-refractivity contribution < 1.29 is 18.8 Å². The van der Waals surface area contributed by atoms with Gasteiger partial charge < -0.3 is 15.3 Å². The van der Waals surface area contributed by atoms with Crippen LogP contribution >= 0.6 is 0 Å². The van der Waals surface area contributed by atoms with Gasteiger partial charge in [0.25, 0.3) is 0 Å². The van der Waals surface area contributed by atoms with Crippen molar-refractivity contribution in [2.45, 2.75) is 39.7 Å². The van der Waals surface area contributed by atoms with E-state index in [9.17, 15) is 9.18 Å². The number of benzene rings is 1. The van der Waals surface area contributed by atoms with Crippen molar-refractivity contribution >= 4 is 11.7 Å². The second-order valence-corrected chi connectivity index (χ2v) is 6.56. The lowest BCUT2D eigenvalue weighted by Gasteiger charge is -2.32. The van der Waals surface area contributed by atoms with Crippen molar-refractivity contribution in [2.24, 2.45) is 5.41 Å². The normalized spacial score (nSPS) is 17.3. The molecule has 1 aliphatic heterocycles. The predicted octanol–water partition coefficient (Wildman–Crippen LogP) is 2.76. The number of nitrogens with two attached hydrogens (primary N) is 1. The Labute approximate surface area is 130 Å². The van der Waals surface area contributed by atoms with Crippen LogP contribution in [0.2, 0.25) is 0 Å². The quantitative estimate of drug-likeness (QED) is 0.870. The van der Waals surface area contributed by atoms with E-state index >= 15 is 0 Å². The number of carbonyl (C=O) groups excluding carboxylic acids is 1. The van der Waals surface area contributed by atoms with E-state index in [1.54, 1.807) is 11.1 Å². The van der Waals surface area contributed by atoms with Gasteiger partial charge in [-0.05, 0) is 32.9 Å². The van der Waals surface area contributed by atoms with Crippen LogP contribution in [0.1, 0.15) is 33.6 Å². The molecule has 2 rings (SSSR count). The summed E-state index contributed by atoms with van der Waals surface area (Å²) in [6, 6.07) is 4.44. The number of ether oxygens (including phenoxy) is 1. The first-order valence-corrected chi connectivity index (χ1v) is 7.45. The Morgan fingerprint density at radius 2 is 1.95 bits per heavy atom. The molecule has 0 aromatic heterocycles. The summed E-state index contributed by atoms with van der Waals surface area (Å²) in [5, 5.41) is 1.66. The van der Waals surface area contributed by atoms with Crippen LogP contribution in [0.4, 0.5) is 10.1 Å². The van der Waals surface area contributed by atoms with Gasteiger partial charge in [0.2, 0.25) is 0 Å². The maximum absolute atomic E-state index is 13.4. The third kappa shape index (κ3) is 4.34. The van der Waals surface area contributed by atoms with E-state index in [-0.39, 0.29) is 17.8 Å². The molecule has 0 unspecified atom stereocenters. The fraction of sp³-hybridized carbons (Fsp3) is 0.562. The van der Waals surface area contributed by atoms with Gasteiger partial charge in [-0.2, -0.15) is 0 Å². The van der Waals surface area contributed by atoms with Gasteiger partial charge >= 0.3 is 5.97 Å². The van der Waals surface area contributed by atoms with Crippen LogP contribution in [0, 0.1) is 11.2 Å². The summed E-state index contributed by atoms with van der Waals surface area (Å²) < 4.78 is 19.1. The van der Waals surface area contributed by atoms with E-state index in [1.807, 2.05) is 20.8 Å². The van der Waals surface area contributed by atoms with Gasteiger partial charge in [-0.3, -0.25) is 0 Å². The number of hydroxylamine groups is 2. The minimum absolute atomic E-state index is 0.0207. The molecular weight excluding hydrogens is 287 g/mol. The Kier molecular flexibility index (Phi) is 4.90. The van der Waals surface area contributed by atoms with E-state index in [4.69, 9.17) is 15.3 Å². The first-order valence-electron chi connectivity index (χ1n) is 7.45. The average molecular weight is 310 g/mol. The molecule has 1 aliphatic rings. The van der Waals surface area contributed by atoms with Crippen molar-refractivity contribution in [1.82, 2.24) is 5.06 Å². The van der Waals surface area contributed by atoms with Crippen molar-refractivity contribution in [3.8, 4) is 5.75 Å². The summed E-state index contributed by atoms with van der Waals surface area (Å²) in [5.74, 6) is -0.252. The number of halogens is 1. The summed E-state index contributed by atoms with van der Waals surface area (Å²) in [4.78, 5) is 17.2. The number of hydrogen-bond donors (Lipinski definition) is 1. The lowest BCUT2D eigenvalue weighted by Crippen LogP contribution is -2.41. The van der Waals surface area contributed by atoms with Crippen LogP contribution in [0.25, 0.3) is 0 Å². The highest BCUT2D eigenvalue weighted by molar-refractivity contribution is 5.75. The molecule has 1 fully saturated rings. The molecule has 0 bridgehead atoms. The molecule has 1 aromatic carbocycles. The molecule has 1 heterocycles. The third-order valence-electron chi connectivity index (χ3n) is 3.50. The number of rotatable bonds is 3. The Hall–Kier alpha value is -1.82. The van der Waals surface area contributed by atoms with Crippen molar-refractivity contribution in [3.63, 3.8) is 0 Å². The van der Waals surface area contributed by atoms with Gasteiger partial charge in [-0.25, -0.2) is 9.18 Å². The summed E-state index contributed by atoms with van der Waals surface area (Å²) >= 11 is 0. The van der Waals surface area contributed by atoms with Gasteiger partial charge in [0.15, 0.2) is 0 Å². The molecule has 122 valence electrons. The van der Waals surface area contributed by atoms with Crippen molar-refractivity contribution in [3.05, 3.63) is 24.0 Å². The number of piperidine rings is 1. The zero-order valence-electron chi connectivity index (χ0n) is 13.3. The highest BCUT2D eigenvalue weighted by atomic mass is 19.1. The smallest absolute Gasteiger partial charge is 0.330 e. The van der Waals surface area contributed by atoms with Crippen LogP contribution in [0.15, 0.2) is 18.2 Å². The lowest BCUT2D eigenvalue weighted by molar-refractivity contribution is -0.207. The fourth-order valence-corrected chi connectivity index (χ4v) is 2.07. The molecule has 0 radical (unpaired) electrons. The van der Waals surface area contributed by atoms with Crippen LogP contribution in [0.5, 0.6) is 5.75 Å². The fourth-order valence-electron chi connectivity index (χ4n) is 2.07. The number of hydrogen-bond acceptors (Lipinski definition) is 5. The Balaban J connectivity index is 1.82. The van der Waals surface area contributed by atoms with E-state index in [0.717, 1.165) is 0 Å². The summed E-state index contributed by atoms with van der Waals surface area (Å²) in [7, 11) is 0. The van der Waals surface area contributed by atoms with Gasteiger partial charge in [0.1, 0.15) is 17.7 Å². The van der Waals surface area contributed by atoms with Crippen LogP contribution in [-0.2, 0) is 9.63 Å². The maximum atomic E-state index is 13.4. The predicted molar refractivity (Wildman–Crippen MR) is 81.6 cm³/mol. The first kappa shape index (κ1) is 16.5. The highest BCUT2D eigenvalue weighted by Crippen LogP contribution is 2.23. The number of nitrogens with zero attached hydrogens (tertiary/aromatic N) is 1. The third-order valence-corrected chi connectivity index (χ3v) is 3.50. The zero-order chi connectivity index (χ0) is 16.3. The molecule has 1 aromatic rings. The molecule has 5 nitrogen and oxygen atoms in total. The Morgan fingerprint density at radius 3 is 2.50 bits per heavy atom. The van der Waals surface area contributed by atoms with Crippen molar-refractivity contribution in [2.75, 3.05) is 18.8 Å². The molecule has 2 N–H and O–H groups in total. The first-order chi connectivity index (χ1) is 10.3. The molecule has 0 aliphatic carbocycles. The van der Waals surface area contributed by atoms with Gasteiger partial charge in [0, 0.05) is 32.0 Å². The largest absolute Gasteiger partial charge is 0.490 e. The minimum Gasteiger partial charge on any atom is -0.490 e. The summed E-state index contributed by atoms with van der Waals surface area (Å²) in [5.41, 5.74) is 5.02. The van der Waals surface area contributed by atoms with Crippen LogP contribution < -0.4 is 10.5 Å². The molecule has 1 saturated heterocycles. The lowest BCUT2D eigenvalue weighted by atomic mass is 9.98. The topological polar surface area (TPSA) is 64.8 Å². The van der Waals surface area contributed by atoms with Gasteiger partial charge in [-0.15, -0.1) is 5.06 Å². The molecule has 0 amide bonds. The van der Waals surface area contributed by atoms with Crippen molar-refractivity contribution in [1.29, 1.82) is 0 Å². The Morgan fingerprint density at radius 1 is 1.32 bits per heavy atom. The van der Waals surface area contributed by atoms with Crippen LogP contribution in [0.3, 0.4) is 0 Å². The highest BCUT2D eigenvalue weighted by Gasteiger charge is 2.28. The van der Waals surface area contributed by atoms with E-state index in [0.29, 0.717) is 31.7 Å². The maximum Gasteiger partial charge on any atom is 0.330 e. The zero-order valence-corrected chi connectivity index (χ0v) is 13.3. The second kappa shape index (κ2) is 6.52. The molecular formula is C16H23FN2O3. The van der Waals surface area contributed by atoms with E-state index < -0.39 is 11.2 Å². The number of carbonyl (C=O) groups is 1. The molecule has 6 heteroatoms. The monoisotopic (exact) mass is 310 g/mol. The SMILES string of the molecule is CC(C)(C)C(=O)ON1CCC(Oc2ccc(N)c(F)c2)CC1. The molecule has 22 heavy (non-hydrogen) atoms. The Bertz CT molecular complexity index is 535. The number of nitrogen functional groups attached to an aromatic ring is 1. The van der Waals surface area contributed by atoms with Gasteiger partial charge in [-0.1, -0.05) is 0 Å². The van der Waals surface area contributed by atoms with E-state index in [2.05, 4.69) is 0 Å². The summed E-state index contributed by atoms with van der Waals surface area (Å²) in [6.45, 7) is 6.66.